The molecule has 0 aliphatic carbocycles. The summed E-state index contributed by atoms with van der Waals surface area (Å²) in [6, 6.07) is 5.75. The van der Waals surface area contributed by atoms with E-state index >= 15 is 0 Å². The fraction of sp³-hybridized carbons (Fsp3) is 0.286. The van der Waals surface area contributed by atoms with Gasteiger partial charge in [-0.15, -0.1) is 0 Å². The Labute approximate surface area is 157 Å². The van der Waals surface area contributed by atoms with Gasteiger partial charge in [-0.3, -0.25) is 9.69 Å². The second kappa shape index (κ2) is 6.01. The predicted octanol–water partition coefficient (Wildman–Crippen LogP) is 3.76. The summed E-state index contributed by atoms with van der Waals surface area (Å²) in [4.78, 5) is 23.2. The molecule has 1 amide bonds. The molecule has 3 heterocycles. The fourth-order valence-corrected chi connectivity index (χ4v) is 3.53. The number of rotatable bonds is 2. The van der Waals surface area contributed by atoms with Crippen molar-refractivity contribution in [1.82, 2.24) is 15.3 Å². The van der Waals surface area contributed by atoms with Crippen molar-refractivity contribution in [1.29, 1.82) is 0 Å². The number of hydrogen-bond donors (Lipinski definition) is 1. The number of allylic oxidation sites excluding steroid dienone is 1. The van der Waals surface area contributed by atoms with Crippen molar-refractivity contribution >= 4 is 11.6 Å². The minimum absolute atomic E-state index is 0.0619. The Hall–Kier alpha value is -3.02. The van der Waals surface area contributed by atoms with E-state index in [1.807, 2.05) is 45.9 Å². The van der Waals surface area contributed by atoms with Crippen LogP contribution in [0.2, 0.25) is 0 Å². The van der Waals surface area contributed by atoms with Crippen LogP contribution in [0.1, 0.15) is 32.2 Å². The van der Waals surface area contributed by atoms with Crippen LogP contribution >= 0.6 is 0 Å². The number of aromatic nitrogens is 2. The summed E-state index contributed by atoms with van der Waals surface area (Å²) in [5.74, 6) is 0.104. The number of halogens is 1. The van der Waals surface area contributed by atoms with Crippen molar-refractivity contribution in [2.75, 3.05) is 4.90 Å². The van der Waals surface area contributed by atoms with E-state index in [4.69, 9.17) is 0 Å². The van der Waals surface area contributed by atoms with Crippen LogP contribution in [0.25, 0.3) is 11.1 Å². The SMILES string of the molecule is Cc1ncc(-c2ccc3c(c2)N(C2=CC(C)NC=C2F)C(=O)C3(C)C)cn1. The lowest BCUT2D eigenvalue weighted by molar-refractivity contribution is -0.121. The number of aryl methyl sites for hydroxylation is 1. The first-order chi connectivity index (χ1) is 12.8. The number of anilines is 1. The van der Waals surface area contributed by atoms with Crippen LogP contribution in [0.4, 0.5) is 10.1 Å². The highest BCUT2D eigenvalue weighted by Crippen LogP contribution is 2.46. The van der Waals surface area contributed by atoms with Gasteiger partial charge in [0.25, 0.3) is 0 Å². The van der Waals surface area contributed by atoms with Crippen molar-refractivity contribution in [3.05, 3.63) is 65.8 Å². The van der Waals surface area contributed by atoms with E-state index in [0.29, 0.717) is 11.5 Å². The third kappa shape index (κ3) is 2.72. The van der Waals surface area contributed by atoms with Crippen LogP contribution in [0, 0.1) is 6.92 Å². The number of carbonyl (C=O) groups is 1. The molecule has 2 aliphatic rings. The summed E-state index contributed by atoms with van der Waals surface area (Å²) < 4.78 is 14.6. The lowest BCUT2D eigenvalue weighted by Crippen LogP contribution is -2.38. The van der Waals surface area contributed by atoms with Gasteiger partial charge in [0.05, 0.1) is 16.8 Å². The minimum atomic E-state index is -0.729. The Morgan fingerprint density at radius 1 is 1.19 bits per heavy atom. The summed E-state index contributed by atoms with van der Waals surface area (Å²) in [5.41, 5.74) is 2.87. The van der Waals surface area contributed by atoms with Crippen molar-refractivity contribution in [3.63, 3.8) is 0 Å². The molecule has 0 saturated heterocycles. The Bertz CT molecular complexity index is 992. The quantitative estimate of drug-likeness (QED) is 0.881. The van der Waals surface area contributed by atoms with Crippen LogP contribution < -0.4 is 10.2 Å². The minimum Gasteiger partial charge on any atom is -0.382 e. The van der Waals surface area contributed by atoms with Crippen LogP contribution in [0.15, 0.2) is 54.4 Å². The second-order valence-corrected chi connectivity index (χ2v) is 7.52. The van der Waals surface area contributed by atoms with Crippen LogP contribution in [-0.2, 0) is 10.2 Å². The molecule has 1 unspecified atom stereocenters. The number of fused-ring (bicyclic) bond motifs is 1. The number of nitrogens with one attached hydrogen (secondary N) is 1. The molecule has 2 aromatic rings. The molecule has 27 heavy (non-hydrogen) atoms. The molecule has 0 fully saturated rings. The monoisotopic (exact) mass is 364 g/mol. The Morgan fingerprint density at radius 3 is 2.59 bits per heavy atom. The van der Waals surface area contributed by atoms with E-state index in [-0.39, 0.29) is 17.6 Å². The first kappa shape index (κ1) is 17.4. The third-order valence-electron chi connectivity index (χ3n) is 5.13. The number of carbonyl (C=O) groups excluding carboxylic acids is 1. The van der Waals surface area contributed by atoms with Gasteiger partial charge < -0.3 is 5.32 Å². The van der Waals surface area contributed by atoms with Gasteiger partial charge in [0.2, 0.25) is 5.91 Å². The summed E-state index contributed by atoms with van der Waals surface area (Å²) in [6.07, 6.45) is 6.56. The molecule has 1 N–H and O–H groups in total. The summed E-state index contributed by atoms with van der Waals surface area (Å²) in [6.45, 7) is 7.48. The van der Waals surface area contributed by atoms with Gasteiger partial charge in [-0.2, -0.15) is 0 Å². The Kier molecular flexibility index (Phi) is 3.87. The molecule has 138 valence electrons. The Morgan fingerprint density at radius 2 is 1.89 bits per heavy atom. The Balaban J connectivity index is 1.87. The number of hydrogen-bond acceptors (Lipinski definition) is 4. The molecule has 0 saturated carbocycles. The van der Waals surface area contributed by atoms with Gasteiger partial charge in [0.1, 0.15) is 5.82 Å². The first-order valence-electron chi connectivity index (χ1n) is 8.91. The largest absolute Gasteiger partial charge is 0.382 e. The number of dihydropyridines is 1. The number of nitrogens with zero attached hydrogens (tertiary/aromatic N) is 3. The van der Waals surface area contributed by atoms with Crippen LogP contribution in [-0.4, -0.2) is 21.9 Å². The predicted molar refractivity (Wildman–Crippen MR) is 103 cm³/mol. The summed E-state index contributed by atoms with van der Waals surface area (Å²) in [5, 5.41) is 2.92. The molecule has 0 spiro atoms. The van der Waals surface area contributed by atoms with E-state index in [0.717, 1.165) is 16.7 Å². The van der Waals surface area contributed by atoms with E-state index in [9.17, 15) is 9.18 Å². The number of amides is 1. The summed E-state index contributed by atoms with van der Waals surface area (Å²) in [7, 11) is 0. The molecule has 1 aromatic carbocycles. The molecule has 1 aromatic heterocycles. The lowest BCUT2D eigenvalue weighted by atomic mass is 9.85. The van der Waals surface area contributed by atoms with E-state index in [1.165, 1.54) is 11.1 Å². The van der Waals surface area contributed by atoms with Crippen molar-refractivity contribution in [2.24, 2.45) is 0 Å². The van der Waals surface area contributed by atoms with Gasteiger partial charge in [0, 0.05) is 30.2 Å². The fourth-order valence-electron chi connectivity index (χ4n) is 3.53. The van der Waals surface area contributed by atoms with Gasteiger partial charge >= 0.3 is 0 Å². The van der Waals surface area contributed by atoms with E-state index < -0.39 is 11.2 Å². The zero-order chi connectivity index (χ0) is 19.3. The van der Waals surface area contributed by atoms with Crippen LogP contribution in [0.3, 0.4) is 0 Å². The molecular weight excluding hydrogens is 343 g/mol. The molecule has 6 heteroatoms. The molecular formula is C21H21FN4O. The van der Waals surface area contributed by atoms with E-state index in [1.54, 1.807) is 18.5 Å². The van der Waals surface area contributed by atoms with Gasteiger partial charge in [0.15, 0.2) is 5.83 Å². The van der Waals surface area contributed by atoms with Crippen molar-refractivity contribution < 1.29 is 9.18 Å². The summed E-state index contributed by atoms with van der Waals surface area (Å²) >= 11 is 0. The van der Waals surface area contributed by atoms with Crippen LogP contribution in [0.5, 0.6) is 0 Å². The average molecular weight is 364 g/mol. The van der Waals surface area contributed by atoms with Crippen molar-refractivity contribution in [3.8, 4) is 11.1 Å². The normalized spacial score (nSPS) is 20.7. The second-order valence-electron chi connectivity index (χ2n) is 7.52. The average Bonchev–Trinajstić information content (AvgIpc) is 2.84. The number of benzene rings is 1. The lowest BCUT2D eigenvalue weighted by Gasteiger charge is -2.26. The molecule has 1 atom stereocenters. The third-order valence-corrected chi connectivity index (χ3v) is 5.13. The van der Waals surface area contributed by atoms with Crippen molar-refractivity contribution in [2.45, 2.75) is 39.2 Å². The smallest absolute Gasteiger partial charge is 0.241 e. The molecule has 2 aliphatic heterocycles. The maximum absolute atomic E-state index is 14.6. The van der Waals surface area contributed by atoms with Gasteiger partial charge in [-0.1, -0.05) is 12.1 Å². The standard InChI is InChI=1S/C21H21FN4O/c1-12-7-19(17(22)11-23-12)26-18-8-14(15-9-24-13(2)25-10-15)5-6-16(18)21(3,4)20(26)27/h5-12,23H,1-4H3. The highest BCUT2D eigenvalue weighted by molar-refractivity contribution is 6.10. The molecule has 4 rings (SSSR count). The van der Waals surface area contributed by atoms with E-state index in [2.05, 4.69) is 15.3 Å². The highest BCUT2D eigenvalue weighted by Gasteiger charge is 2.46. The highest BCUT2D eigenvalue weighted by atomic mass is 19.1. The zero-order valence-electron chi connectivity index (χ0n) is 15.7. The first-order valence-corrected chi connectivity index (χ1v) is 8.91. The zero-order valence-corrected chi connectivity index (χ0v) is 15.7. The molecule has 5 nitrogen and oxygen atoms in total. The molecule has 0 bridgehead atoms. The topological polar surface area (TPSA) is 58.1 Å². The van der Waals surface area contributed by atoms with Gasteiger partial charge in [-0.05, 0) is 51.0 Å². The van der Waals surface area contributed by atoms with Gasteiger partial charge in [-0.25, -0.2) is 14.4 Å². The maximum atomic E-state index is 14.6. The maximum Gasteiger partial charge on any atom is 0.241 e. The molecule has 0 radical (unpaired) electrons.